The normalized spacial score (nSPS) is 11.0. The molecule has 0 aliphatic rings. The lowest BCUT2D eigenvalue weighted by atomic mass is 10.2. The molecule has 160 valence electrons. The van der Waals surface area contributed by atoms with Gasteiger partial charge in [0, 0.05) is 55.6 Å². The number of imidazole rings is 1. The van der Waals surface area contributed by atoms with Crippen molar-refractivity contribution in [2.75, 3.05) is 25.4 Å². The van der Waals surface area contributed by atoms with Crippen molar-refractivity contribution >= 4 is 41.7 Å². The molecule has 0 bridgehead atoms. The number of rotatable bonds is 10. The third kappa shape index (κ3) is 8.39. The molecule has 0 atom stereocenters. The van der Waals surface area contributed by atoms with Crippen molar-refractivity contribution in [3.63, 3.8) is 0 Å². The number of aliphatic imine (C=N–C) groups is 1. The number of nitrogens with zero attached hydrogens (tertiary/aromatic N) is 3. The van der Waals surface area contributed by atoms with Gasteiger partial charge in [0.05, 0.1) is 0 Å². The number of thioether (sulfide) groups is 1. The van der Waals surface area contributed by atoms with Crippen LogP contribution in [0.3, 0.4) is 0 Å². The number of halogens is 1. The molecule has 0 spiro atoms. The third-order valence-electron chi connectivity index (χ3n) is 4.35. The van der Waals surface area contributed by atoms with Gasteiger partial charge in [-0.25, -0.2) is 4.98 Å². The highest BCUT2D eigenvalue weighted by molar-refractivity contribution is 14.0. The van der Waals surface area contributed by atoms with E-state index >= 15 is 0 Å². The van der Waals surface area contributed by atoms with Crippen LogP contribution in [0, 0.1) is 0 Å². The van der Waals surface area contributed by atoms with E-state index in [0.717, 1.165) is 43.6 Å². The van der Waals surface area contributed by atoms with Gasteiger partial charge >= 0.3 is 0 Å². The zero-order chi connectivity index (χ0) is 20.2. The number of aromatic nitrogens is 2. The summed E-state index contributed by atoms with van der Waals surface area (Å²) in [6.07, 6.45) is 4.72. The van der Waals surface area contributed by atoms with E-state index in [0.29, 0.717) is 6.54 Å². The monoisotopic (exact) mass is 535 g/mol. The largest absolute Gasteiger partial charge is 0.357 e. The number of guanidine groups is 1. The Morgan fingerprint density at radius 3 is 2.50 bits per heavy atom. The van der Waals surface area contributed by atoms with E-state index in [1.54, 1.807) is 0 Å². The van der Waals surface area contributed by atoms with Gasteiger partial charge in [-0.2, -0.15) is 0 Å². The fourth-order valence-electron chi connectivity index (χ4n) is 2.96. The Kier molecular flexibility index (Phi) is 11.4. The first-order valence-electron chi connectivity index (χ1n) is 10.1. The van der Waals surface area contributed by atoms with Crippen LogP contribution in [0.1, 0.15) is 18.3 Å². The standard InChI is InChI=1S/C23H29N5S.HI/c1-2-24-23(27-16-18-29-21-11-7-4-8-12-21)26-14-13-22-25-15-17-28(22)19-20-9-5-3-6-10-20;/h3-12,15,17H,2,13-14,16,18-19H2,1H3,(H2,24,26,27);1H. The summed E-state index contributed by atoms with van der Waals surface area (Å²) in [4.78, 5) is 10.5. The van der Waals surface area contributed by atoms with Gasteiger partial charge < -0.3 is 15.2 Å². The van der Waals surface area contributed by atoms with Crippen LogP contribution < -0.4 is 10.6 Å². The molecular weight excluding hydrogens is 505 g/mol. The van der Waals surface area contributed by atoms with Gasteiger partial charge in [-0.3, -0.25) is 4.99 Å². The van der Waals surface area contributed by atoms with Gasteiger partial charge in [-0.1, -0.05) is 48.5 Å². The lowest BCUT2D eigenvalue weighted by Gasteiger charge is -2.11. The van der Waals surface area contributed by atoms with Crippen molar-refractivity contribution in [2.24, 2.45) is 4.99 Å². The molecule has 1 aromatic heterocycles. The van der Waals surface area contributed by atoms with E-state index in [4.69, 9.17) is 4.99 Å². The molecule has 1 heterocycles. The van der Waals surface area contributed by atoms with Gasteiger partial charge in [0.25, 0.3) is 0 Å². The summed E-state index contributed by atoms with van der Waals surface area (Å²) in [5, 5.41) is 6.73. The van der Waals surface area contributed by atoms with E-state index in [2.05, 4.69) is 75.6 Å². The number of hydrogen-bond acceptors (Lipinski definition) is 3. The number of benzene rings is 2. The van der Waals surface area contributed by atoms with Crippen LogP contribution in [0.2, 0.25) is 0 Å². The van der Waals surface area contributed by atoms with Crippen molar-refractivity contribution < 1.29 is 0 Å². The van der Waals surface area contributed by atoms with E-state index in [1.807, 2.05) is 36.3 Å². The smallest absolute Gasteiger partial charge is 0.191 e. The molecule has 0 fully saturated rings. The SMILES string of the molecule is CCNC(=NCCc1nccn1Cc1ccccc1)NCCSc1ccccc1.I. The van der Waals surface area contributed by atoms with E-state index in [9.17, 15) is 0 Å². The number of hydrogen-bond donors (Lipinski definition) is 2. The zero-order valence-corrected chi connectivity index (χ0v) is 20.5. The molecule has 0 amide bonds. The lowest BCUT2D eigenvalue weighted by molar-refractivity contribution is 0.713. The summed E-state index contributed by atoms with van der Waals surface area (Å²) < 4.78 is 2.20. The Morgan fingerprint density at radius 1 is 1.03 bits per heavy atom. The average molecular weight is 535 g/mol. The summed E-state index contributed by atoms with van der Waals surface area (Å²) >= 11 is 1.85. The highest BCUT2D eigenvalue weighted by Crippen LogP contribution is 2.15. The molecule has 0 saturated heterocycles. The molecule has 30 heavy (non-hydrogen) atoms. The van der Waals surface area contributed by atoms with Crippen molar-refractivity contribution in [1.29, 1.82) is 0 Å². The molecule has 2 N–H and O–H groups in total. The Morgan fingerprint density at radius 2 is 1.77 bits per heavy atom. The van der Waals surface area contributed by atoms with Crippen LogP contribution in [-0.2, 0) is 13.0 Å². The fraction of sp³-hybridized carbons (Fsp3) is 0.304. The molecule has 7 heteroatoms. The summed E-state index contributed by atoms with van der Waals surface area (Å²) in [6, 6.07) is 20.9. The second-order valence-corrected chi connectivity index (χ2v) is 7.72. The van der Waals surface area contributed by atoms with Gasteiger partial charge in [0.1, 0.15) is 5.82 Å². The molecule has 2 aromatic carbocycles. The average Bonchev–Trinajstić information content (AvgIpc) is 3.19. The number of nitrogens with one attached hydrogen (secondary N) is 2. The van der Waals surface area contributed by atoms with Crippen LogP contribution >= 0.6 is 35.7 Å². The Hall–Kier alpha value is -2.00. The minimum absolute atomic E-state index is 0. The molecule has 0 unspecified atom stereocenters. The summed E-state index contributed by atoms with van der Waals surface area (Å²) in [5.41, 5.74) is 1.28. The molecule has 5 nitrogen and oxygen atoms in total. The summed E-state index contributed by atoms with van der Waals surface area (Å²) in [5.74, 6) is 2.92. The minimum Gasteiger partial charge on any atom is -0.357 e. The second-order valence-electron chi connectivity index (χ2n) is 6.56. The van der Waals surface area contributed by atoms with Crippen LogP contribution in [0.5, 0.6) is 0 Å². The van der Waals surface area contributed by atoms with Gasteiger partial charge in [0.2, 0.25) is 0 Å². The molecular formula is C23H30IN5S. The zero-order valence-electron chi connectivity index (χ0n) is 17.3. The highest BCUT2D eigenvalue weighted by Gasteiger charge is 2.04. The fourth-order valence-corrected chi connectivity index (χ4v) is 3.75. The predicted molar refractivity (Wildman–Crippen MR) is 138 cm³/mol. The van der Waals surface area contributed by atoms with Crippen LogP contribution in [0.25, 0.3) is 0 Å². The molecule has 0 aliphatic heterocycles. The summed E-state index contributed by atoms with van der Waals surface area (Å²) in [7, 11) is 0. The Balaban J connectivity index is 0.00000320. The topological polar surface area (TPSA) is 54.2 Å². The Bertz CT molecular complexity index is 868. The third-order valence-corrected chi connectivity index (χ3v) is 5.37. The van der Waals surface area contributed by atoms with Crippen LogP contribution in [0.15, 0.2) is 82.9 Å². The minimum atomic E-state index is 0. The summed E-state index contributed by atoms with van der Waals surface area (Å²) in [6.45, 7) is 5.35. The maximum absolute atomic E-state index is 4.71. The maximum Gasteiger partial charge on any atom is 0.191 e. The van der Waals surface area contributed by atoms with Crippen LogP contribution in [0.4, 0.5) is 0 Å². The van der Waals surface area contributed by atoms with Crippen molar-refractivity contribution in [1.82, 2.24) is 20.2 Å². The molecule has 3 rings (SSSR count). The molecule has 3 aromatic rings. The first kappa shape index (κ1) is 24.3. The quantitative estimate of drug-likeness (QED) is 0.133. The first-order chi connectivity index (χ1) is 14.3. The van der Waals surface area contributed by atoms with Gasteiger partial charge in [-0.15, -0.1) is 35.7 Å². The highest BCUT2D eigenvalue weighted by atomic mass is 127. The van der Waals surface area contributed by atoms with E-state index in [-0.39, 0.29) is 24.0 Å². The van der Waals surface area contributed by atoms with Crippen molar-refractivity contribution in [2.45, 2.75) is 24.8 Å². The maximum atomic E-state index is 4.71. The molecule has 0 aliphatic carbocycles. The van der Waals surface area contributed by atoms with Crippen LogP contribution in [-0.4, -0.2) is 40.9 Å². The predicted octanol–water partition coefficient (Wildman–Crippen LogP) is 4.44. The van der Waals surface area contributed by atoms with Crippen molar-refractivity contribution in [3.05, 3.63) is 84.4 Å². The Labute approximate surface area is 200 Å². The van der Waals surface area contributed by atoms with Crippen molar-refractivity contribution in [3.8, 4) is 0 Å². The molecule has 0 saturated carbocycles. The lowest BCUT2D eigenvalue weighted by Crippen LogP contribution is -2.38. The van der Waals surface area contributed by atoms with E-state index in [1.165, 1.54) is 10.5 Å². The second kappa shape index (κ2) is 14.1. The first-order valence-corrected chi connectivity index (χ1v) is 11.1. The van der Waals surface area contributed by atoms with Gasteiger partial charge in [0.15, 0.2) is 5.96 Å². The van der Waals surface area contributed by atoms with Gasteiger partial charge in [-0.05, 0) is 24.6 Å². The van der Waals surface area contributed by atoms with E-state index < -0.39 is 0 Å². The molecule has 0 radical (unpaired) electrons.